The number of hydrogen-bond donors (Lipinski definition) is 1. The van der Waals surface area contributed by atoms with E-state index in [9.17, 15) is 4.79 Å². The number of anilines is 1. The van der Waals surface area contributed by atoms with E-state index in [1.165, 1.54) is 18.5 Å². The highest BCUT2D eigenvalue weighted by molar-refractivity contribution is 6.08. The third-order valence-electron chi connectivity index (χ3n) is 8.77. The maximum absolute atomic E-state index is 13.5. The Balaban J connectivity index is 1.04. The summed E-state index contributed by atoms with van der Waals surface area (Å²) in [4.78, 5) is 27.7. The predicted octanol–water partition coefficient (Wildman–Crippen LogP) is 4.58. The summed E-state index contributed by atoms with van der Waals surface area (Å²) < 4.78 is 9.81. The highest BCUT2D eigenvalue weighted by Gasteiger charge is 2.25. The van der Waals surface area contributed by atoms with Gasteiger partial charge in [0, 0.05) is 61.5 Å². The van der Waals surface area contributed by atoms with Gasteiger partial charge in [0.05, 0.1) is 35.3 Å². The molecule has 1 saturated carbocycles. The van der Waals surface area contributed by atoms with Gasteiger partial charge in [-0.3, -0.25) is 23.8 Å². The molecule has 2 fully saturated rings. The fraction of sp³-hybridized carbons (Fsp3) is 0.394. The molecule has 0 bridgehead atoms. The molecule has 1 N–H and O–H groups in total. The summed E-state index contributed by atoms with van der Waals surface area (Å²) in [7, 11) is 2.18. The molecule has 222 valence electrons. The second-order valence-electron chi connectivity index (χ2n) is 11.9. The second-order valence-corrected chi connectivity index (χ2v) is 11.9. The standard InChI is InChI=1S/C33H38N8O2/c1-22-20-39(15-14-38(22)3)16-17-43-26-12-13-40-30(19-34-31(40)18-26)33(42)36-28-8-5-9-29-32(28)23(2)37-41(29)21-25-6-4-7-27(35-25)24-10-11-24/h4-9,12-13,18-19,22,24H,10-11,14-17,20-21H2,1-3H3,(H,36,42)/t22-/m0/s1. The normalized spacial score (nSPS) is 18.0. The molecular weight excluding hydrogens is 540 g/mol. The number of hydrogen-bond acceptors (Lipinski definition) is 7. The number of likely N-dealkylation sites (N-methyl/N-ethyl adjacent to an activating group) is 1. The molecule has 4 aromatic heterocycles. The van der Waals surface area contributed by atoms with Crippen molar-refractivity contribution in [3.05, 3.63) is 83.7 Å². The zero-order chi connectivity index (χ0) is 29.5. The molecule has 1 aliphatic carbocycles. The number of carbonyl (C=O) groups excluding carboxylic acids is 1. The minimum Gasteiger partial charge on any atom is -0.492 e. The van der Waals surface area contributed by atoms with Gasteiger partial charge in [0.2, 0.25) is 0 Å². The molecule has 10 nitrogen and oxygen atoms in total. The van der Waals surface area contributed by atoms with Crippen LogP contribution in [-0.4, -0.2) is 85.7 Å². The molecule has 1 aromatic carbocycles. The predicted molar refractivity (Wildman–Crippen MR) is 167 cm³/mol. The summed E-state index contributed by atoms with van der Waals surface area (Å²) in [5.41, 5.74) is 5.82. The molecular formula is C33H38N8O2. The average molecular weight is 579 g/mol. The summed E-state index contributed by atoms with van der Waals surface area (Å²) in [6.45, 7) is 9.50. The molecule has 1 saturated heterocycles. The number of aryl methyl sites for hydroxylation is 1. The van der Waals surface area contributed by atoms with Gasteiger partial charge >= 0.3 is 0 Å². The van der Waals surface area contributed by atoms with Crippen molar-refractivity contribution in [3.8, 4) is 5.75 Å². The van der Waals surface area contributed by atoms with Crippen LogP contribution < -0.4 is 10.1 Å². The van der Waals surface area contributed by atoms with Crippen molar-refractivity contribution < 1.29 is 9.53 Å². The van der Waals surface area contributed by atoms with Crippen molar-refractivity contribution in [2.45, 2.75) is 45.2 Å². The Morgan fingerprint density at radius 3 is 2.81 bits per heavy atom. The largest absolute Gasteiger partial charge is 0.492 e. The van der Waals surface area contributed by atoms with E-state index >= 15 is 0 Å². The van der Waals surface area contributed by atoms with Gasteiger partial charge in [-0.05, 0) is 64.1 Å². The highest BCUT2D eigenvalue weighted by Crippen LogP contribution is 2.39. The SMILES string of the molecule is Cc1nn(Cc2cccc(C3CC3)n2)c2cccc(NC(=O)c3cnc4cc(OCCN5CCN(C)[C@@H](C)C5)ccn34)c12. The Morgan fingerprint density at radius 1 is 1.12 bits per heavy atom. The van der Waals surface area contributed by atoms with E-state index in [2.05, 4.69) is 52.3 Å². The van der Waals surface area contributed by atoms with Crippen LogP contribution in [0.3, 0.4) is 0 Å². The Labute approximate surface area is 251 Å². The van der Waals surface area contributed by atoms with Gasteiger partial charge in [-0.25, -0.2) is 4.98 Å². The molecule has 5 aromatic rings. The molecule has 5 heterocycles. The van der Waals surface area contributed by atoms with Crippen molar-refractivity contribution in [2.24, 2.45) is 0 Å². The number of benzene rings is 1. The maximum atomic E-state index is 13.5. The number of fused-ring (bicyclic) bond motifs is 2. The van der Waals surface area contributed by atoms with Crippen molar-refractivity contribution in [1.82, 2.24) is 33.9 Å². The minimum absolute atomic E-state index is 0.233. The molecule has 0 radical (unpaired) electrons. The Bertz CT molecular complexity index is 1790. The molecule has 43 heavy (non-hydrogen) atoms. The van der Waals surface area contributed by atoms with Crippen LogP contribution in [0.2, 0.25) is 0 Å². The molecule has 1 aliphatic heterocycles. The third-order valence-corrected chi connectivity index (χ3v) is 8.77. The molecule has 0 unspecified atom stereocenters. The van der Waals surface area contributed by atoms with Crippen LogP contribution >= 0.6 is 0 Å². The average Bonchev–Trinajstić information content (AvgIpc) is 3.70. The van der Waals surface area contributed by atoms with E-state index in [-0.39, 0.29) is 5.91 Å². The van der Waals surface area contributed by atoms with Crippen LogP contribution in [0, 0.1) is 6.92 Å². The number of pyridine rings is 2. The van der Waals surface area contributed by atoms with Gasteiger partial charge < -0.3 is 15.0 Å². The summed E-state index contributed by atoms with van der Waals surface area (Å²) >= 11 is 0. The second kappa shape index (κ2) is 11.4. The van der Waals surface area contributed by atoms with E-state index in [0.29, 0.717) is 36.5 Å². The molecule has 10 heteroatoms. The van der Waals surface area contributed by atoms with Crippen molar-refractivity contribution in [1.29, 1.82) is 0 Å². The number of nitrogens with one attached hydrogen (secondary N) is 1. The number of ether oxygens (including phenoxy) is 1. The molecule has 2 aliphatic rings. The molecule has 7 rings (SSSR count). The van der Waals surface area contributed by atoms with E-state index in [1.807, 2.05) is 48.1 Å². The zero-order valence-corrected chi connectivity index (χ0v) is 25.0. The summed E-state index contributed by atoms with van der Waals surface area (Å²) in [5.74, 6) is 1.12. The van der Waals surface area contributed by atoms with Gasteiger partial charge in [0.15, 0.2) is 0 Å². The smallest absolute Gasteiger partial charge is 0.274 e. The van der Waals surface area contributed by atoms with Gasteiger partial charge in [-0.1, -0.05) is 12.1 Å². The summed E-state index contributed by atoms with van der Waals surface area (Å²) in [6, 6.07) is 16.5. The van der Waals surface area contributed by atoms with Crippen LogP contribution in [0.15, 0.2) is 60.9 Å². The monoisotopic (exact) mass is 578 g/mol. The van der Waals surface area contributed by atoms with Crippen molar-refractivity contribution in [2.75, 3.05) is 45.2 Å². The lowest BCUT2D eigenvalue weighted by Crippen LogP contribution is -2.50. The topological polar surface area (TPSA) is 92.8 Å². The fourth-order valence-electron chi connectivity index (χ4n) is 6.02. The van der Waals surface area contributed by atoms with Crippen LogP contribution in [-0.2, 0) is 6.54 Å². The maximum Gasteiger partial charge on any atom is 0.274 e. The number of carbonyl (C=O) groups is 1. The lowest BCUT2D eigenvalue weighted by molar-refractivity contribution is 0.0928. The van der Waals surface area contributed by atoms with Gasteiger partial charge in [0.25, 0.3) is 5.91 Å². The number of nitrogens with zero attached hydrogens (tertiary/aromatic N) is 7. The first-order valence-electron chi connectivity index (χ1n) is 15.2. The fourth-order valence-corrected chi connectivity index (χ4v) is 6.02. The van der Waals surface area contributed by atoms with Crippen LogP contribution in [0.1, 0.15) is 53.3 Å². The van der Waals surface area contributed by atoms with Crippen LogP contribution in [0.4, 0.5) is 5.69 Å². The third kappa shape index (κ3) is 5.72. The van der Waals surface area contributed by atoms with E-state index in [4.69, 9.17) is 14.8 Å². The number of amides is 1. The molecule has 1 amide bonds. The van der Waals surface area contributed by atoms with Gasteiger partial charge in [0.1, 0.15) is 23.7 Å². The van der Waals surface area contributed by atoms with E-state index in [1.54, 1.807) is 10.6 Å². The molecule has 1 atom stereocenters. The number of imidazole rings is 1. The Hall–Kier alpha value is -4.28. The van der Waals surface area contributed by atoms with Crippen molar-refractivity contribution >= 4 is 28.1 Å². The van der Waals surface area contributed by atoms with Gasteiger partial charge in [-0.15, -0.1) is 0 Å². The first-order chi connectivity index (χ1) is 20.9. The summed E-state index contributed by atoms with van der Waals surface area (Å²) in [5, 5.41) is 8.85. The lowest BCUT2D eigenvalue weighted by atomic mass is 10.1. The Kier molecular flexibility index (Phi) is 7.32. The summed E-state index contributed by atoms with van der Waals surface area (Å²) in [6.07, 6.45) is 5.90. The van der Waals surface area contributed by atoms with Crippen LogP contribution in [0.5, 0.6) is 5.75 Å². The highest BCUT2D eigenvalue weighted by atomic mass is 16.5. The number of piperazine rings is 1. The Morgan fingerprint density at radius 2 is 1.98 bits per heavy atom. The lowest BCUT2D eigenvalue weighted by Gasteiger charge is -2.37. The van der Waals surface area contributed by atoms with Crippen LogP contribution in [0.25, 0.3) is 16.6 Å². The van der Waals surface area contributed by atoms with Crippen molar-refractivity contribution in [3.63, 3.8) is 0 Å². The molecule has 0 spiro atoms. The number of aromatic nitrogens is 5. The first kappa shape index (κ1) is 27.5. The number of rotatable bonds is 9. The van der Waals surface area contributed by atoms with Gasteiger partial charge in [-0.2, -0.15) is 5.10 Å². The zero-order valence-electron chi connectivity index (χ0n) is 25.0. The minimum atomic E-state index is -0.233. The van der Waals surface area contributed by atoms with E-state index < -0.39 is 0 Å². The quantitative estimate of drug-likeness (QED) is 0.274. The first-order valence-corrected chi connectivity index (χ1v) is 15.2. The van der Waals surface area contributed by atoms with E-state index in [0.717, 1.165) is 59.9 Å².